The molecule has 7 N–H and O–H groups in total. The van der Waals surface area contributed by atoms with Crippen molar-refractivity contribution in [1.82, 2.24) is 10.3 Å². The summed E-state index contributed by atoms with van der Waals surface area (Å²) in [5.41, 5.74) is 9.78. The molecule has 3 rings (SSSR count). The first kappa shape index (κ1) is 32.5. The summed E-state index contributed by atoms with van der Waals surface area (Å²) in [6.07, 6.45) is 4.76. The summed E-state index contributed by atoms with van der Waals surface area (Å²) in [6.45, 7) is 9.72. The third-order valence-electron chi connectivity index (χ3n) is 7.17. The van der Waals surface area contributed by atoms with Gasteiger partial charge in [0.25, 0.3) is 11.8 Å². The highest BCUT2D eigenvalue weighted by molar-refractivity contribution is 7.99. The third kappa shape index (κ3) is 8.29. The zero-order chi connectivity index (χ0) is 31.0. The molecule has 1 fully saturated rings. The lowest BCUT2D eigenvalue weighted by atomic mass is 9.86. The number of nitrogens with zero attached hydrogens (tertiary/aromatic N) is 3. The molecule has 12 nitrogen and oxygen atoms in total. The number of hydrazine groups is 1. The predicted octanol–water partition coefficient (Wildman–Crippen LogP) is 4.23. The fourth-order valence-electron chi connectivity index (χ4n) is 4.61. The SMILES string of the molecule is COc1c(NSC)cc(C(C)(C)C)cc1NC(=O)c1ccc(C)c(N(N)/C=C(\N)C(=O)NCC2CCN(N=O)CC2)c1. The number of rotatable bonds is 11. The van der Waals surface area contributed by atoms with E-state index in [0.717, 1.165) is 29.7 Å². The van der Waals surface area contributed by atoms with E-state index >= 15 is 0 Å². The Bertz CT molecular complexity index is 1320. The smallest absolute Gasteiger partial charge is 0.268 e. The second-order valence-electron chi connectivity index (χ2n) is 11.3. The number of ether oxygens (including phenoxy) is 1. The van der Waals surface area contributed by atoms with Crippen molar-refractivity contribution in [2.75, 3.05) is 48.0 Å². The van der Waals surface area contributed by atoms with Gasteiger partial charge in [0, 0.05) is 37.7 Å². The molecule has 0 bridgehead atoms. The van der Waals surface area contributed by atoms with Crippen LogP contribution < -0.4 is 36.7 Å². The quantitative estimate of drug-likeness (QED) is 0.0830. The van der Waals surface area contributed by atoms with Gasteiger partial charge in [-0.05, 0) is 66.5 Å². The van der Waals surface area contributed by atoms with Gasteiger partial charge in [0.2, 0.25) is 0 Å². The Morgan fingerprint density at radius 3 is 2.45 bits per heavy atom. The first-order valence-corrected chi connectivity index (χ1v) is 14.9. The van der Waals surface area contributed by atoms with Gasteiger partial charge in [-0.1, -0.05) is 38.8 Å². The lowest BCUT2D eigenvalue weighted by molar-refractivity contribution is -0.117. The Morgan fingerprint density at radius 1 is 1.19 bits per heavy atom. The molecule has 0 aliphatic carbocycles. The Hall–Kier alpha value is -3.97. The highest BCUT2D eigenvalue weighted by Crippen LogP contribution is 2.39. The molecule has 1 aliphatic heterocycles. The molecule has 2 aromatic carbocycles. The second-order valence-corrected chi connectivity index (χ2v) is 11.9. The molecule has 0 unspecified atom stereocenters. The maximum atomic E-state index is 13.4. The van der Waals surface area contributed by atoms with Gasteiger partial charge < -0.3 is 25.8 Å². The summed E-state index contributed by atoms with van der Waals surface area (Å²) in [5, 5.41) is 11.5. The first-order valence-electron chi connectivity index (χ1n) is 13.7. The molecular formula is C29H42N8O4S. The average molecular weight is 599 g/mol. The van der Waals surface area contributed by atoms with Gasteiger partial charge >= 0.3 is 0 Å². The van der Waals surface area contributed by atoms with Crippen LogP contribution >= 0.6 is 11.9 Å². The minimum Gasteiger partial charge on any atom is -0.492 e. The van der Waals surface area contributed by atoms with Crippen molar-refractivity contribution in [2.45, 2.75) is 46.0 Å². The number of hydrogen-bond acceptors (Lipinski definition) is 10. The lowest BCUT2D eigenvalue weighted by Gasteiger charge is -2.27. The van der Waals surface area contributed by atoms with Crippen molar-refractivity contribution < 1.29 is 14.3 Å². The maximum absolute atomic E-state index is 13.4. The maximum Gasteiger partial charge on any atom is 0.268 e. The monoisotopic (exact) mass is 598 g/mol. The van der Waals surface area contributed by atoms with Crippen LogP contribution in [0.3, 0.4) is 0 Å². The molecule has 2 amide bonds. The van der Waals surface area contributed by atoms with Crippen molar-refractivity contribution in [3.63, 3.8) is 0 Å². The molecule has 13 heteroatoms. The van der Waals surface area contributed by atoms with Crippen molar-refractivity contribution in [3.8, 4) is 5.75 Å². The van der Waals surface area contributed by atoms with Crippen LogP contribution in [0.4, 0.5) is 17.1 Å². The number of nitroso groups, excluding NO2 is 1. The van der Waals surface area contributed by atoms with Crippen LogP contribution in [0.2, 0.25) is 0 Å². The van der Waals surface area contributed by atoms with Crippen molar-refractivity contribution in [1.29, 1.82) is 0 Å². The number of benzene rings is 2. The van der Waals surface area contributed by atoms with Crippen LogP contribution in [0.15, 0.2) is 47.5 Å². The third-order valence-corrected chi connectivity index (χ3v) is 7.59. The van der Waals surface area contributed by atoms with Gasteiger partial charge in [0.05, 0.1) is 29.5 Å². The Balaban J connectivity index is 1.76. The number of amides is 2. The topological polar surface area (TPSA) is 167 Å². The molecule has 0 spiro atoms. The van der Waals surface area contributed by atoms with E-state index in [0.29, 0.717) is 42.3 Å². The number of anilines is 3. The van der Waals surface area contributed by atoms with Crippen molar-refractivity contribution >= 4 is 40.8 Å². The fraction of sp³-hybridized carbons (Fsp3) is 0.448. The normalized spacial score (nSPS) is 14.3. The Morgan fingerprint density at radius 2 is 1.86 bits per heavy atom. The van der Waals surface area contributed by atoms with Crippen LogP contribution in [-0.2, 0) is 10.2 Å². The van der Waals surface area contributed by atoms with Gasteiger partial charge in [-0.2, -0.15) is 0 Å². The van der Waals surface area contributed by atoms with E-state index in [9.17, 15) is 14.5 Å². The zero-order valence-corrected chi connectivity index (χ0v) is 25.9. The van der Waals surface area contributed by atoms with Gasteiger partial charge in [-0.3, -0.25) is 19.6 Å². The van der Waals surface area contributed by atoms with E-state index in [-0.39, 0.29) is 22.9 Å². The molecule has 0 saturated carbocycles. The Labute approximate surface area is 251 Å². The molecule has 0 aromatic heterocycles. The van der Waals surface area contributed by atoms with Crippen LogP contribution in [0.25, 0.3) is 0 Å². The van der Waals surface area contributed by atoms with E-state index in [4.69, 9.17) is 16.3 Å². The Kier molecular flexibility index (Phi) is 11.1. The predicted molar refractivity (Wildman–Crippen MR) is 170 cm³/mol. The minimum absolute atomic E-state index is 0.0729. The minimum atomic E-state index is -0.451. The largest absolute Gasteiger partial charge is 0.492 e. The number of nitrogens with two attached hydrogens (primary N) is 2. The number of aryl methyl sites for hydroxylation is 1. The number of piperidine rings is 1. The summed E-state index contributed by atoms with van der Waals surface area (Å²) in [6, 6.07) is 9.05. The average Bonchev–Trinajstić information content (AvgIpc) is 2.95. The molecule has 42 heavy (non-hydrogen) atoms. The summed E-state index contributed by atoms with van der Waals surface area (Å²) in [7, 11) is 1.56. The van der Waals surface area contributed by atoms with Gasteiger partial charge in [0.15, 0.2) is 5.75 Å². The summed E-state index contributed by atoms with van der Waals surface area (Å²) < 4.78 is 8.88. The van der Waals surface area contributed by atoms with E-state index in [1.807, 2.05) is 25.3 Å². The molecule has 228 valence electrons. The number of nitrogens with one attached hydrogen (secondary N) is 3. The molecule has 2 aromatic rings. The lowest BCUT2D eigenvalue weighted by Crippen LogP contribution is -2.38. The van der Waals surface area contributed by atoms with Gasteiger partial charge in [-0.15, -0.1) is 4.91 Å². The number of carbonyl (C=O) groups excluding carboxylic acids is 2. The number of carbonyl (C=O) groups is 2. The molecule has 0 atom stereocenters. The fourth-order valence-corrected chi connectivity index (χ4v) is 4.98. The van der Waals surface area contributed by atoms with Crippen LogP contribution in [0.5, 0.6) is 5.75 Å². The van der Waals surface area contributed by atoms with Gasteiger partial charge in [-0.25, -0.2) is 5.84 Å². The molecular weight excluding hydrogens is 556 g/mol. The van der Waals surface area contributed by atoms with E-state index in [2.05, 4.69) is 41.4 Å². The van der Waals surface area contributed by atoms with Crippen molar-refractivity contribution in [3.05, 3.63) is 63.8 Å². The number of hydrogen-bond donors (Lipinski definition) is 5. The van der Waals surface area contributed by atoms with E-state index in [1.54, 1.807) is 25.3 Å². The zero-order valence-electron chi connectivity index (χ0n) is 25.1. The molecule has 0 radical (unpaired) electrons. The van der Waals surface area contributed by atoms with E-state index in [1.165, 1.54) is 28.2 Å². The second kappa shape index (κ2) is 14.3. The standard InChI is InChI=1S/C29H42N8O4S/c1-18-7-8-20(27(38)33-23-14-21(29(2,3)4)15-24(34-42-6)26(23)41-5)13-25(18)37(31)17-22(30)28(39)32-16-19-9-11-36(35-40)12-10-19/h7-8,13-15,17,19,34H,9-12,16,30-31H2,1-6H3,(H,32,39)(H,33,38)/b22-17-. The molecule has 1 saturated heterocycles. The van der Waals surface area contributed by atoms with Gasteiger partial charge in [0.1, 0.15) is 5.70 Å². The summed E-state index contributed by atoms with van der Waals surface area (Å²) >= 11 is 1.43. The molecule has 1 aliphatic rings. The highest BCUT2D eigenvalue weighted by Gasteiger charge is 2.22. The summed E-state index contributed by atoms with van der Waals surface area (Å²) in [4.78, 5) is 36.7. The number of methoxy groups -OCH3 is 1. The highest BCUT2D eigenvalue weighted by atomic mass is 32.2. The van der Waals surface area contributed by atoms with Crippen LogP contribution in [0, 0.1) is 17.7 Å². The van der Waals surface area contributed by atoms with Crippen LogP contribution in [0.1, 0.15) is 55.1 Å². The van der Waals surface area contributed by atoms with Crippen molar-refractivity contribution in [2.24, 2.45) is 22.8 Å². The first-order chi connectivity index (χ1) is 19.9. The van der Waals surface area contributed by atoms with E-state index < -0.39 is 5.91 Å². The van der Waals surface area contributed by atoms with Crippen LogP contribution in [-0.4, -0.2) is 49.8 Å². The molecule has 1 heterocycles. The summed E-state index contributed by atoms with van der Waals surface area (Å²) in [5.74, 6) is 6.24.